The summed E-state index contributed by atoms with van der Waals surface area (Å²) in [6.45, 7) is 1.32. The number of aromatic nitrogens is 1. The summed E-state index contributed by atoms with van der Waals surface area (Å²) in [7, 11) is 3.54. The zero-order valence-corrected chi connectivity index (χ0v) is 20.5. The highest BCUT2D eigenvalue weighted by Crippen LogP contribution is 2.30. The van der Waals surface area contributed by atoms with Gasteiger partial charge in [0.25, 0.3) is 5.91 Å². The van der Waals surface area contributed by atoms with Gasteiger partial charge in [0, 0.05) is 55.1 Å². The smallest absolute Gasteiger partial charge is 0.257 e. The predicted molar refractivity (Wildman–Crippen MR) is 137 cm³/mol. The summed E-state index contributed by atoms with van der Waals surface area (Å²) < 4.78 is 14.9. The van der Waals surface area contributed by atoms with Crippen LogP contribution in [-0.2, 0) is 6.42 Å². The van der Waals surface area contributed by atoms with Crippen molar-refractivity contribution in [1.82, 2.24) is 10.3 Å². The molecule has 2 N–H and O–H groups in total. The van der Waals surface area contributed by atoms with Crippen LogP contribution in [0.2, 0.25) is 10.0 Å². The van der Waals surface area contributed by atoms with Crippen molar-refractivity contribution in [3.8, 4) is 0 Å². The minimum Gasteiger partial charge on any atom is -0.377 e. The first-order chi connectivity index (χ1) is 16.7. The lowest BCUT2D eigenvalue weighted by Gasteiger charge is -2.21. The third-order valence-corrected chi connectivity index (χ3v) is 5.88. The fourth-order valence-electron chi connectivity index (χ4n) is 3.78. The van der Waals surface area contributed by atoms with Crippen LogP contribution in [-0.4, -0.2) is 49.7 Å². The number of halogens is 3. The number of nitrogens with zero attached hydrogens (tertiary/aromatic N) is 3. The Morgan fingerprint density at radius 3 is 2.51 bits per heavy atom. The van der Waals surface area contributed by atoms with Crippen molar-refractivity contribution < 1.29 is 14.0 Å². The van der Waals surface area contributed by atoms with Crippen molar-refractivity contribution in [2.45, 2.75) is 6.42 Å². The van der Waals surface area contributed by atoms with Gasteiger partial charge < -0.3 is 15.5 Å². The van der Waals surface area contributed by atoms with Gasteiger partial charge in [0.2, 0.25) is 0 Å². The molecule has 4 rings (SSSR count). The molecule has 35 heavy (non-hydrogen) atoms. The molecule has 2 heterocycles. The summed E-state index contributed by atoms with van der Waals surface area (Å²) in [5, 5.41) is 6.52. The molecule has 1 aromatic heterocycles. The lowest BCUT2D eigenvalue weighted by atomic mass is 9.95. The Bertz CT molecular complexity index is 1330. The van der Waals surface area contributed by atoms with E-state index in [1.54, 1.807) is 43.3 Å². The second-order valence-corrected chi connectivity index (χ2v) is 8.99. The average molecular weight is 514 g/mol. The summed E-state index contributed by atoms with van der Waals surface area (Å²) in [4.78, 5) is 36.5. The lowest BCUT2D eigenvalue weighted by molar-refractivity contribution is 0.0989. The molecule has 0 atom stereocenters. The average Bonchev–Trinajstić information content (AvgIpc) is 3.36. The Morgan fingerprint density at radius 2 is 1.89 bits per heavy atom. The minimum atomic E-state index is -0.652. The second-order valence-electron chi connectivity index (χ2n) is 8.11. The first-order valence-electron chi connectivity index (χ1n) is 10.8. The summed E-state index contributed by atoms with van der Waals surface area (Å²) in [6.07, 6.45) is 1.20. The molecule has 0 saturated heterocycles. The highest BCUT2D eigenvalue weighted by Gasteiger charge is 2.23. The first-order valence-corrected chi connectivity index (χ1v) is 11.5. The van der Waals surface area contributed by atoms with E-state index < -0.39 is 17.5 Å². The van der Waals surface area contributed by atoms with Crippen LogP contribution in [0.5, 0.6) is 0 Å². The summed E-state index contributed by atoms with van der Waals surface area (Å²) in [5.74, 6) is -0.743. The van der Waals surface area contributed by atoms with Gasteiger partial charge >= 0.3 is 0 Å². The number of anilines is 2. The number of amides is 1. The van der Waals surface area contributed by atoms with Crippen LogP contribution in [0.25, 0.3) is 0 Å². The fourth-order valence-corrected chi connectivity index (χ4v) is 4.10. The van der Waals surface area contributed by atoms with E-state index in [-0.39, 0.29) is 23.4 Å². The van der Waals surface area contributed by atoms with Gasteiger partial charge in [0.05, 0.1) is 17.1 Å². The number of amidine groups is 1. The van der Waals surface area contributed by atoms with E-state index in [9.17, 15) is 14.0 Å². The topological polar surface area (TPSA) is 86.7 Å². The Hall–Kier alpha value is -3.49. The van der Waals surface area contributed by atoms with Crippen molar-refractivity contribution in [2.24, 2.45) is 4.99 Å². The molecule has 0 aliphatic carbocycles. The molecule has 2 aromatic carbocycles. The van der Waals surface area contributed by atoms with Gasteiger partial charge in [-0.1, -0.05) is 29.3 Å². The molecule has 1 amide bonds. The van der Waals surface area contributed by atoms with Crippen LogP contribution < -0.4 is 15.5 Å². The van der Waals surface area contributed by atoms with Crippen molar-refractivity contribution in [3.05, 3.63) is 86.8 Å². The molecule has 7 nitrogen and oxygen atoms in total. The number of rotatable bonds is 7. The number of hydrogen-bond acceptors (Lipinski definition) is 6. The number of Topliss-reactive ketones (excluding diaryl/α,β-unsaturated/α-hetero) is 1. The third-order valence-electron chi connectivity index (χ3n) is 5.44. The van der Waals surface area contributed by atoms with E-state index in [1.165, 1.54) is 24.4 Å². The highest BCUT2D eigenvalue weighted by molar-refractivity contribution is 6.31. The molecule has 180 valence electrons. The van der Waals surface area contributed by atoms with Gasteiger partial charge in [0.1, 0.15) is 17.5 Å². The molecule has 10 heteroatoms. The number of carbonyl (C=O) groups is 2. The molecule has 0 fully saturated rings. The number of pyridine rings is 1. The van der Waals surface area contributed by atoms with Crippen molar-refractivity contribution in [2.75, 3.05) is 37.4 Å². The molecule has 3 aromatic rings. The minimum absolute atomic E-state index is 0.0715. The zero-order valence-electron chi connectivity index (χ0n) is 19.0. The van der Waals surface area contributed by atoms with E-state index in [4.69, 9.17) is 23.2 Å². The first kappa shape index (κ1) is 24.6. The van der Waals surface area contributed by atoms with Crippen LogP contribution in [0.4, 0.5) is 15.9 Å². The van der Waals surface area contributed by atoms with E-state index in [1.807, 2.05) is 0 Å². The highest BCUT2D eigenvalue weighted by atomic mass is 35.5. The summed E-state index contributed by atoms with van der Waals surface area (Å²) >= 11 is 12.2. The third kappa shape index (κ3) is 5.61. The maximum absolute atomic E-state index is 14.9. The number of benzene rings is 2. The number of aliphatic imine (C=N–C) groups is 1. The summed E-state index contributed by atoms with van der Waals surface area (Å²) in [5.41, 5.74) is 1.68. The van der Waals surface area contributed by atoms with Crippen LogP contribution in [0.15, 0.2) is 53.7 Å². The van der Waals surface area contributed by atoms with Crippen molar-refractivity contribution >= 4 is 52.2 Å². The maximum atomic E-state index is 14.9. The molecule has 1 aliphatic heterocycles. The van der Waals surface area contributed by atoms with E-state index in [0.717, 1.165) is 0 Å². The normalized spacial score (nSPS) is 12.7. The number of nitrogens with one attached hydrogen (secondary N) is 2. The monoisotopic (exact) mass is 513 g/mol. The van der Waals surface area contributed by atoms with Gasteiger partial charge in [-0.15, -0.1) is 0 Å². The van der Waals surface area contributed by atoms with Crippen molar-refractivity contribution in [1.29, 1.82) is 0 Å². The molecular weight excluding hydrogens is 492 g/mol. The van der Waals surface area contributed by atoms with Gasteiger partial charge in [-0.25, -0.2) is 9.37 Å². The standard InChI is InChI=1S/C25H22Cl2FN5O2/c1-33(2)21-11-16(27)10-19(25(35)32-23-6-4-15(26)13-31-23)18(21)12-22(34)17-5-3-14(9-20(17)28)24-29-7-8-30-24/h3-6,9-11,13H,7-8,12H2,1-2H3,(H,29,30)(H,31,32,35). The predicted octanol–water partition coefficient (Wildman–Crippen LogP) is 4.62. The molecule has 1 aliphatic rings. The molecule has 0 bridgehead atoms. The SMILES string of the molecule is CN(C)c1cc(Cl)cc(C(=O)Nc2ccc(Cl)cn2)c1CC(=O)c1ccc(C2=NCCN2)cc1F. The van der Waals surface area contributed by atoms with Gasteiger partial charge in [0.15, 0.2) is 5.78 Å². The maximum Gasteiger partial charge on any atom is 0.257 e. The number of hydrogen-bond donors (Lipinski definition) is 2. The van der Waals surface area contributed by atoms with E-state index in [0.29, 0.717) is 45.8 Å². The Morgan fingerprint density at radius 1 is 1.09 bits per heavy atom. The molecule has 0 radical (unpaired) electrons. The lowest BCUT2D eigenvalue weighted by Crippen LogP contribution is -2.21. The number of carbonyl (C=O) groups excluding carboxylic acids is 2. The van der Waals surface area contributed by atoms with Crippen LogP contribution in [0, 0.1) is 5.82 Å². The van der Waals surface area contributed by atoms with Crippen molar-refractivity contribution in [3.63, 3.8) is 0 Å². The van der Waals surface area contributed by atoms with Crippen LogP contribution >= 0.6 is 23.2 Å². The largest absolute Gasteiger partial charge is 0.377 e. The molecular formula is C25H22Cl2FN5O2. The van der Waals surface area contributed by atoms with Crippen LogP contribution in [0.1, 0.15) is 31.8 Å². The number of ketones is 1. The van der Waals surface area contributed by atoms with Gasteiger partial charge in [-0.2, -0.15) is 0 Å². The Labute approximate surface area is 212 Å². The Balaban J connectivity index is 1.67. The van der Waals surface area contributed by atoms with Gasteiger partial charge in [-0.3, -0.25) is 14.6 Å². The fraction of sp³-hybridized carbons (Fsp3) is 0.200. The Kier molecular flexibility index (Phi) is 7.33. The van der Waals surface area contributed by atoms with Gasteiger partial charge in [-0.05, 0) is 42.0 Å². The van der Waals surface area contributed by atoms with E-state index >= 15 is 0 Å². The zero-order chi connectivity index (χ0) is 25.1. The summed E-state index contributed by atoms with van der Waals surface area (Å²) in [6, 6.07) is 10.7. The second kappa shape index (κ2) is 10.4. The molecule has 0 saturated carbocycles. The molecule has 0 unspecified atom stereocenters. The quantitative estimate of drug-likeness (QED) is 0.450. The van der Waals surface area contributed by atoms with E-state index in [2.05, 4.69) is 20.6 Å². The van der Waals surface area contributed by atoms with Crippen LogP contribution in [0.3, 0.4) is 0 Å². The molecule has 0 spiro atoms.